The van der Waals surface area contributed by atoms with Crippen LogP contribution >= 0.6 is 0 Å². The van der Waals surface area contributed by atoms with Crippen molar-refractivity contribution in [2.75, 3.05) is 11.9 Å². The first kappa shape index (κ1) is 11.1. The Morgan fingerprint density at radius 3 is 2.71 bits per heavy atom. The molecule has 0 aliphatic carbocycles. The maximum Gasteiger partial charge on any atom is 0.0824 e. The topological polar surface area (TPSA) is 29.9 Å². The van der Waals surface area contributed by atoms with Crippen LogP contribution in [0.4, 0.5) is 5.69 Å². The molecule has 0 amide bonds. The van der Waals surface area contributed by atoms with Crippen LogP contribution in [0.15, 0.2) is 6.20 Å². The minimum atomic E-state index is 1.06. The van der Waals surface area contributed by atoms with Crippen LogP contribution in [0.3, 0.4) is 0 Å². The number of aryl methyl sites for hydroxylation is 2. The fourth-order valence-electron chi connectivity index (χ4n) is 1.55. The van der Waals surface area contributed by atoms with E-state index in [2.05, 4.69) is 17.3 Å². The van der Waals surface area contributed by atoms with E-state index in [9.17, 15) is 0 Å². The highest BCUT2D eigenvalue weighted by atomic mass is 15.3. The molecule has 0 saturated heterocycles. The van der Waals surface area contributed by atoms with E-state index in [1.54, 1.807) is 0 Å². The second-order valence-electron chi connectivity index (χ2n) is 3.79. The first-order chi connectivity index (χ1) is 6.74. The van der Waals surface area contributed by atoms with Crippen molar-refractivity contribution >= 4 is 5.69 Å². The minimum absolute atomic E-state index is 1.06. The average Bonchev–Trinajstić information content (AvgIpc) is 2.45. The van der Waals surface area contributed by atoms with Crippen molar-refractivity contribution in [3.63, 3.8) is 0 Å². The van der Waals surface area contributed by atoms with Gasteiger partial charge in [-0.15, -0.1) is 0 Å². The molecular weight excluding hydrogens is 174 g/mol. The van der Waals surface area contributed by atoms with Gasteiger partial charge in [0.25, 0.3) is 0 Å². The van der Waals surface area contributed by atoms with Gasteiger partial charge in [-0.05, 0) is 13.3 Å². The summed E-state index contributed by atoms with van der Waals surface area (Å²) in [4.78, 5) is 0. The number of hydrogen-bond donors (Lipinski definition) is 1. The molecule has 0 aromatic carbocycles. The molecule has 0 fully saturated rings. The normalized spacial score (nSPS) is 10.5. The van der Waals surface area contributed by atoms with Gasteiger partial charge in [0.15, 0.2) is 0 Å². The Morgan fingerprint density at radius 2 is 2.14 bits per heavy atom. The van der Waals surface area contributed by atoms with E-state index < -0.39 is 0 Å². The lowest BCUT2D eigenvalue weighted by Gasteiger charge is -2.03. The standard InChI is InChI=1S/C11H21N3/c1-4-5-6-7-8-12-11-9-14(3)13-10(11)2/h9,12H,4-8H2,1-3H3. The summed E-state index contributed by atoms with van der Waals surface area (Å²) in [6.07, 6.45) is 7.25. The van der Waals surface area contributed by atoms with E-state index in [1.165, 1.54) is 31.4 Å². The van der Waals surface area contributed by atoms with Crippen molar-refractivity contribution < 1.29 is 0 Å². The SMILES string of the molecule is CCCCCCNc1cn(C)nc1C. The monoisotopic (exact) mass is 195 g/mol. The van der Waals surface area contributed by atoms with Crippen molar-refractivity contribution in [2.45, 2.75) is 39.5 Å². The highest BCUT2D eigenvalue weighted by Crippen LogP contribution is 2.11. The Bertz CT molecular complexity index is 265. The summed E-state index contributed by atoms with van der Waals surface area (Å²) in [5, 5.41) is 7.69. The van der Waals surface area contributed by atoms with Crippen LogP contribution in [0.2, 0.25) is 0 Å². The van der Waals surface area contributed by atoms with Crippen molar-refractivity contribution in [3.8, 4) is 0 Å². The Kier molecular flexibility index (Phi) is 4.50. The summed E-state index contributed by atoms with van der Waals surface area (Å²) >= 11 is 0. The molecule has 3 heteroatoms. The van der Waals surface area contributed by atoms with Crippen molar-refractivity contribution in [2.24, 2.45) is 7.05 Å². The molecular formula is C11H21N3. The third-order valence-electron chi connectivity index (χ3n) is 2.36. The molecule has 0 aliphatic heterocycles. The predicted octanol–water partition coefficient (Wildman–Crippen LogP) is 2.72. The fraction of sp³-hybridized carbons (Fsp3) is 0.727. The maximum absolute atomic E-state index is 4.28. The van der Waals surface area contributed by atoms with Gasteiger partial charge in [0.1, 0.15) is 0 Å². The van der Waals surface area contributed by atoms with E-state index in [-0.39, 0.29) is 0 Å². The summed E-state index contributed by atoms with van der Waals surface area (Å²) in [5.74, 6) is 0. The van der Waals surface area contributed by atoms with Crippen LogP contribution in [-0.4, -0.2) is 16.3 Å². The lowest BCUT2D eigenvalue weighted by atomic mass is 10.2. The minimum Gasteiger partial charge on any atom is -0.382 e. The number of anilines is 1. The molecule has 0 aliphatic rings. The van der Waals surface area contributed by atoms with Crippen LogP contribution in [0.5, 0.6) is 0 Å². The van der Waals surface area contributed by atoms with E-state index >= 15 is 0 Å². The Hall–Kier alpha value is -0.990. The van der Waals surface area contributed by atoms with Crippen LogP contribution in [0.1, 0.15) is 38.3 Å². The zero-order chi connectivity index (χ0) is 10.4. The third-order valence-corrected chi connectivity index (χ3v) is 2.36. The van der Waals surface area contributed by atoms with Gasteiger partial charge in [0, 0.05) is 19.8 Å². The van der Waals surface area contributed by atoms with Gasteiger partial charge in [-0.1, -0.05) is 26.2 Å². The summed E-state index contributed by atoms with van der Waals surface area (Å²) in [7, 11) is 1.95. The number of rotatable bonds is 6. The zero-order valence-electron chi connectivity index (χ0n) is 9.51. The number of hydrogen-bond acceptors (Lipinski definition) is 2. The molecule has 3 nitrogen and oxygen atoms in total. The van der Waals surface area contributed by atoms with E-state index in [4.69, 9.17) is 0 Å². The molecule has 14 heavy (non-hydrogen) atoms. The van der Waals surface area contributed by atoms with Gasteiger partial charge in [0.05, 0.1) is 11.4 Å². The second kappa shape index (κ2) is 5.68. The molecule has 0 atom stereocenters. The van der Waals surface area contributed by atoms with Crippen molar-refractivity contribution in [3.05, 3.63) is 11.9 Å². The molecule has 0 bridgehead atoms. The number of unbranched alkanes of at least 4 members (excludes halogenated alkanes) is 3. The zero-order valence-corrected chi connectivity index (χ0v) is 9.51. The maximum atomic E-state index is 4.28. The predicted molar refractivity (Wildman–Crippen MR) is 60.6 cm³/mol. The van der Waals surface area contributed by atoms with Gasteiger partial charge in [-0.25, -0.2) is 0 Å². The molecule has 80 valence electrons. The molecule has 1 heterocycles. The van der Waals surface area contributed by atoms with E-state index in [1.807, 2.05) is 24.9 Å². The fourth-order valence-corrected chi connectivity index (χ4v) is 1.55. The van der Waals surface area contributed by atoms with Crippen LogP contribution in [-0.2, 0) is 7.05 Å². The second-order valence-corrected chi connectivity index (χ2v) is 3.79. The number of nitrogens with zero attached hydrogens (tertiary/aromatic N) is 2. The molecule has 1 aromatic rings. The lowest BCUT2D eigenvalue weighted by Crippen LogP contribution is -2.01. The largest absolute Gasteiger partial charge is 0.382 e. The average molecular weight is 195 g/mol. The van der Waals surface area contributed by atoms with E-state index in [0.717, 1.165) is 12.2 Å². The third kappa shape index (κ3) is 3.40. The van der Waals surface area contributed by atoms with Gasteiger partial charge < -0.3 is 5.32 Å². The van der Waals surface area contributed by atoms with Crippen LogP contribution in [0.25, 0.3) is 0 Å². The molecule has 1 rings (SSSR count). The molecule has 1 aromatic heterocycles. The smallest absolute Gasteiger partial charge is 0.0824 e. The highest BCUT2D eigenvalue weighted by molar-refractivity contribution is 5.45. The first-order valence-corrected chi connectivity index (χ1v) is 5.48. The summed E-state index contributed by atoms with van der Waals surface area (Å²) in [6.45, 7) is 5.33. The van der Waals surface area contributed by atoms with Crippen LogP contribution < -0.4 is 5.32 Å². The van der Waals surface area contributed by atoms with Crippen molar-refractivity contribution in [1.29, 1.82) is 0 Å². The Morgan fingerprint density at radius 1 is 1.36 bits per heavy atom. The lowest BCUT2D eigenvalue weighted by molar-refractivity contribution is 0.685. The van der Waals surface area contributed by atoms with Gasteiger partial charge in [0.2, 0.25) is 0 Å². The summed E-state index contributed by atoms with van der Waals surface area (Å²) in [5.41, 5.74) is 2.26. The molecule has 1 N–H and O–H groups in total. The van der Waals surface area contributed by atoms with Gasteiger partial charge in [-0.3, -0.25) is 4.68 Å². The van der Waals surface area contributed by atoms with Crippen LogP contribution in [0, 0.1) is 6.92 Å². The number of aromatic nitrogens is 2. The first-order valence-electron chi connectivity index (χ1n) is 5.48. The Labute approximate surface area is 86.5 Å². The summed E-state index contributed by atoms with van der Waals surface area (Å²) in [6, 6.07) is 0. The van der Waals surface area contributed by atoms with Crippen molar-refractivity contribution in [1.82, 2.24) is 9.78 Å². The van der Waals surface area contributed by atoms with Gasteiger partial charge in [-0.2, -0.15) is 5.10 Å². The van der Waals surface area contributed by atoms with E-state index in [0.29, 0.717) is 0 Å². The highest BCUT2D eigenvalue weighted by Gasteiger charge is 2.00. The van der Waals surface area contributed by atoms with Gasteiger partial charge >= 0.3 is 0 Å². The molecule has 0 spiro atoms. The molecule has 0 unspecified atom stereocenters. The summed E-state index contributed by atoms with van der Waals surface area (Å²) < 4.78 is 1.85. The molecule has 0 saturated carbocycles. The Balaban J connectivity index is 2.21. The molecule has 0 radical (unpaired) electrons. The quantitative estimate of drug-likeness (QED) is 0.707. The number of nitrogens with one attached hydrogen (secondary N) is 1.